The average Bonchev–Trinajstić information content (AvgIpc) is 2.88. The van der Waals surface area contributed by atoms with E-state index in [0.717, 1.165) is 0 Å². The van der Waals surface area contributed by atoms with Crippen molar-refractivity contribution in [2.24, 2.45) is 0 Å². The Balaban J connectivity index is 1.87. The normalized spacial score (nSPS) is 10.6. The third-order valence-electron chi connectivity index (χ3n) is 3.68. The number of aromatic nitrogens is 3. The number of benzene rings is 2. The second-order valence-electron chi connectivity index (χ2n) is 5.53. The Morgan fingerprint density at radius 1 is 1.26 bits per heavy atom. The number of hydrogen-bond acceptors (Lipinski definition) is 6. The molecular formula is C17H15Cl2N5O2S. The lowest BCUT2D eigenvalue weighted by molar-refractivity contribution is 0.0967. The molecule has 0 radical (unpaired) electrons. The maximum atomic E-state index is 12.5. The molecule has 0 amide bonds. The van der Waals surface area contributed by atoms with E-state index in [1.807, 2.05) is 12.1 Å². The van der Waals surface area contributed by atoms with Crippen molar-refractivity contribution in [3.8, 4) is 5.75 Å². The zero-order valence-electron chi connectivity index (χ0n) is 14.1. The van der Waals surface area contributed by atoms with Crippen LogP contribution in [0.3, 0.4) is 0 Å². The molecule has 140 valence electrons. The molecule has 27 heavy (non-hydrogen) atoms. The number of Topliss-reactive ketones (excluding diaryl/α,β-unsaturated/α-hetero) is 1. The maximum Gasteiger partial charge on any atom is 0.240 e. The second-order valence-corrected chi connectivity index (χ2v) is 6.77. The highest BCUT2D eigenvalue weighted by molar-refractivity contribution is 7.71. The minimum atomic E-state index is -0.252. The molecule has 0 saturated heterocycles. The predicted molar refractivity (Wildman–Crippen MR) is 108 cm³/mol. The van der Waals surface area contributed by atoms with Crippen molar-refractivity contribution in [2.75, 3.05) is 18.3 Å². The van der Waals surface area contributed by atoms with E-state index in [9.17, 15) is 4.79 Å². The fourth-order valence-corrected chi connectivity index (χ4v) is 3.20. The zero-order chi connectivity index (χ0) is 19.6. The molecule has 0 aliphatic carbocycles. The van der Waals surface area contributed by atoms with Crippen LogP contribution in [0, 0.1) is 4.77 Å². The molecule has 3 rings (SSSR count). The number of carbonyl (C=O) groups excluding carboxylic acids is 1. The van der Waals surface area contributed by atoms with Crippen LogP contribution >= 0.6 is 35.4 Å². The van der Waals surface area contributed by atoms with E-state index in [4.69, 9.17) is 45.9 Å². The molecular weight excluding hydrogens is 409 g/mol. The van der Waals surface area contributed by atoms with E-state index in [1.54, 1.807) is 25.3 Å². The number of halogens is 2. The van der Waals surface area contributed by atoms with E-state index >= 15 is 0 Å². The Morgan fingerprint density at radius 2 is 1.93 bits per heavy atom. The summed E-state index contributed by atoms with van der Waals surface area (Å²) in [6.07, 6.45) is 0. The third kappa shape index (κ3) is 4.24. The van der Waals surface area contributed by atoms with Crippen molar-refractivity contribution in [1.29, 1.82) is 0 Å². The van der Waals surface area contributed by atoms with Crippen LogP contribution < -0.4 is 15.9 Å². The molecule has 0 aliphatic rings. The van der Waals surface area contributed by atoms with Gasteiger partial charge in [0.1, 0.15) is 12.3 Å². The van der Waals surface area contributed by atoms with Gasteiger partial charge < -0.3 is 10.5 Å². The van der Waals surface area contributed by atoms with Gasteiger partial charge >= 0.3 is 0 Å². The van der Waals surface area contributed by atoms with Crippen LogP contribution in [0.2, 0.25) is 10.0 Å². The van der Waals surface area contributed by atoms with Crippen LogP contribution in [0.15, 0.2) is 42.5 Å². The summed E-state index contributed by atoms with van der Waals surface area (Å²) >= 11 is 17.3. The lowest BCUT2D eigenvalue weighted by Gasteiger charge is -2.11. The van der Waals surface area contributed by atoms with Crippen molar-refractivity contribution in [2.45, 2.75) is 6.54 Å². The number of ether oxygens (including phenoxy) is 1. The summed E-state index contributed by atoms with van der Waals surface area (Å²) in [5, 5.41) is 4.88. The Hall–Kier alpha value is -2.55. The van der Waals surface area contributed by atoms with Gasteiger partial charge in [-0.25, -0.2) is 4.68 Å². The Kier molecular flexibility index (Phi) is 5.69. The summed E-state index contributed by atoms with van der Waals surface area (Å²) in [5.74, 6) is 0.455. The molecule has 0 spiro atoms. The summed E-state index contributed by atoms with van der Waals surface area (Å²) in [5.41, 5.74) is 10.00. The third-order valence-corrected chi connectivity index (χ3v) is 4.51. The first-order valence-electron chi connectivity index (χ1n) is 7.73. The number of para-hydroxylation sites is 2. The molecule has 3 aromatic rings. The first-order chi connectivity index (χ1) is 12.9. The average molecular weight is 424 g/mol. The van der Waals surface area contributed by atoms with Gasteiger partial charge in [0, 0.05) is 15.6 Å². The highest BCUT2D eigenvalue weighted by Gasteiger charge is 2.15. The number of anilines is 2. The summed E-state index contributed by atoms with van der Waals surface area (Å²) in [6.45, 7) is -0.111. The molecule has 0 atom stereocenters. The van der Waals surface area contributed by atoms with Gasteiger partial charge in [0.2, 0.25) is 10.7 Å². The van der Waals surface area contributed by atoms with Gasteiger partial charge in [-0.05, 0) is 42.5 Å². The number of nitrogen functional groups attached to an aromatic ring is 1. The molecule has 1 aromatic heterocycles. The van der Waals surface area contributed by atoms with Gasteiger partial charge in [-0.15, -0.1) is 5.10 Å². The van der Waals surface area contributed by atoms with E-state index in [0.29, 0.717) is 27.0 Å². The molecule has 0 aliphatic heterocycles. The van der Waals surface area contributed by atoms with Crippen LogP contribution in [0.25, 0.3) is 0 Å². The van der Waals surface area contributed by atoms with Gasteiger partial charge in [-0.1, -0.05) is 35.3 Å². The van der Waals surface area contributed by atoms with Crippen LogP contribution in [0.4, 0.5) is 11.6 Å². The fourth-order valence-electron chi connectivity index (χ4n) is 2.43. The van der Waals surface area contributed by atoms with E-state index in [2.05, 4.69) is 10.5 Å². The summed E-state index contributed by atoms with van der Waals surface area (Å²) < 4.78 is 8.23. The fraction of sp³-hybridized carbons (Fsp3) is 0.118. The maximum absolute atomic E-state index is 12.5. The van der Waals surface area contributed by atoms with Crippen LogP contribution in [0.5, 0.6) is 5.75 Å². The zero-order valence-corrected chi connectivity index (χ0v) is 16.5. The monoisotopic (exact) mass is 423 g/mol. The topological polar surface area (TPSA) is 87.1 Å². The number of nitrogens with two attached hydrogens (primary N) is 1. The Bertz CT molecular complexity index is 1040. The van der Waals surface area contributed by atoms with E-state index in [1.165, 1.54) is 21.5 Å². The molecule has 7 nitrogen and oxygen atoms in total. The Labute approximate surface area is 170 Å². The number of hydrogen-bond donors (Lipinski definition) is 2. The molecule has 0 bridgehead atoms. The van der Waals surface area contributed by atoms with Gasteiger partial charge in [0.05, 0.1) is 12.8 Å². The van der Waals surface area contributed by atoms with Gasteiger partial charge in [-0.3, -0.25) is 10.2 Å². The highest BCUT2D eigenvalue weighted by atomic mass is 35.5. The first kappa shape index (κ1) is 19.2. The molecule has 0 saturated carbocycles. The van der Waals surface area contributed by atoms with Crippen LogP contribution in [-0.2, 0) is 6.54 Å². The summed E-state index contributed by atoms with van der Waals surface area (Å²) in [7, 11) is 1.56. The van der Waals surface area contributed by atoms with Gasteiger partial charge in [-0.2, -0.15) is 4.68 Å². The number of nitrogens with zero attached hydrogens (tertiary/aromatic N) is 3. The molecule has 0 fully saturated rings. The number of carbonyl (C=O) groups is 1. The quantitative estimate of drug-likeness (QED) is 0.458. The molecule has 3 N–H and O–H groups in total. The van der Waals surface area contributed by atoms with Crippen molar-refractivity contribution in [1.82, 2.24) is 14.5 Å². The number of rotatable bonds is 6. The molecule has 1 heterocycles. The second kappa shape index (κ2) is 7.99. The Morgan fingerprint density at radius 3 is 2.59 bits per heavy atom. The van der Waals surface area contributed by atoms with Crippen LogP contribution in [0.1, 0.15) is 10.4 Å². The first-order valence-corrected chi connectivity index (χ1v) is 8.90. The standard InChI is InChI=1S/C17H15Cl2N5O2S/c1-26-15-5-3-2-4-13(15)21-24-16(20)22-23(17(24)27)9-14(25)10-6-11(18)8-12(19)7-10/h2-8,21H,9H2,1H3,(H2,20,22). The van der Waals surface area contributed by atoms with Crippen LogP contribution in [-0.4, -0.2) is 27.3 Å². The minimum absolute atomic E-state index is 0.0998. The molecule has 10 heteroatoms. The summed E-state index contributed by atoms with van der Waals surface area (Å²) in [4.78, 5) is 12.5. The number of nitrogens with one attached hydrogen (secondary N) is 1. The van der Waals surface area contributed by atoms with Gasteiger partial charge in [0.25, 0.3) is 0 Å². The van der Waals surface area contributed by atoms with E-state index < -0.39 is 0 Å². The van der Waals surface area contributed by atoms with Crippen molar-refractivity contribution >= 4 is 52.8 Å². The minimum Gasteiger partial charge on any atom is -0.495 e. The molecule has 2 aromatic carbocycles. The van der Waals surface area contributed by atoms with Crippen molar-refractivity contribution < 1.29 is 9.53 Å². The van der Waals surface area contributed by atoms with Gasteiger partial charge in [0.15, 0.2) is 5.78 Å². The van der Waals surface area contributed by atoms with Crippen molar-refractivity contribution in [3.05, 3.63) is 62.8 Å². The largest absolute Gasteiger partial charge is 0.495 e. The number of ketones is 1. The lowest BCUT2D eigenvalue weighted by atomic mass is 10.1. The SMILES string of the molecule is COc1ccccc1Nn1c(N)nn(CC(=O)c2cc(Cl)cc(Cl)c2)c1=S. The van der Waals surface area contributed by atoms with E-state index in [-0.39, 0.29) is 23.0 Å². The lowest BCUT2D eigenvalue weighted by Crippen LogP contribution is -2.15. The molecule has 0 unspecified atom stereocenters. The predicted octanol–water partition coefficient (Wildman–Crippen LogP) is 4.07. The summed E-state index contributed by atoms with van der Waals surface area (Å²) in [6, 6.07) is 11.9. The smallest absolute Gasteiger partial charge is 0.240 e. The van der Waals surface area contributed by atoms with Crippen molar-refractivity contribution in [3.63, 3.8) is 0 Å². The highest BCUT2D eigenvalue weighted by Crippen LogP contribution is 2.24. The number of methoxy groups -OCH3 is 1.